The number of aromatic nitrogens is 3. The highest BCUT2D eigenvalue weighted by molar-refractivity contribution is 9.10. The van der Waals surface area contributed by atoms with Gasteiger partial charge in [0.2, 0.25) is 5.95 Å². The van der Waals surface area contributed by atoms with E-state index in [2.05, 4.69) is 55.6 Å². The molecule has 32 heavy (non-hydrogen) atoms. The van der Waals surface area contributed by atoms with Crippen molar-refractivity contribution in [3.8, 4) is 11.5 Å². The molecular formula is C25H19BrN4O2. The molecule has 0 amide bonds. The Kier molecular flexibility index (Phi) is 4.50. The predicted octanol–water partition coefficient (Wildman–Crippen LogP) is 5.61. The van der Waals surface area contributed by atoms with Gasteiger partial charge in [-0.05, 0) is 35.9 Å². The van der Waals surface area contributed by atoms with Crippen LogP contribution in [0.1, 0.15) is 28.8 Å². The molecule has 2 aliphatic heterocycles. The topological polar surface area (TPSA) is 61.2 Å². The summed E-state index contributed by atoms with van der Waals surface area (Å²) in [5.74, 6) is 2.30. The monoisotopic (exact) mass is 486 g/mol. The van der Waals surface area contributed by atoms with Crippen LogP contribution in [-0.2, 0) is 0 Å². The van der Waals surface area contributed by atoms with Gasteiger partial charge >= 0.3 is 0 Å². The molecule has 0 radical (unpaired) electrons. The fourth-order valence-electron chi connectivity index (χ4n) is 4.52. The summed E-state index contributed by atoms with van der Waals surface area (Å²) in [5, 5.41) is 8.09. The molecule has 4 aromatic rings. The second-order valence-electron chi connectivity index (χ2n) is 7.67. The largest absolute Gasteiger partial charge is 0.496 e. The average Bonchev–Trinajstić information content (AvgIpc) is 3.31. The minimum atomic E-state index is -0.366. The van der Waals surface area contributed by atoms with E-state index in [1.54, 1.807) is 13.4 Å². The second kappa shape index (κ2) is 7.53. The van der Waals surface area contributed by atoms with E-state index in [0.717, 1.165) is 43.9 Å². The fourth-order valence-corrected chi connectivity index (χ4v) is 4.79. The Morgan fingerprint density at radius 2 is 1.78 bits per heavy atom. The van der Waals surface area contributed by atoms with Gasteiger partial charge in [-0.3, -0.25) is 0 Å². The van der Waals surface area contributed by atoms with Crippen molar-refractivity contribution in [3.63, 3.8) is 0 Å². The molecule has 0 spiro atoms. The second-order valence-corrected chi connectivity index (χ2v) is 8.59. The molecule has 6 nitrogen and oxygen atoms in total. The van der Waals surface area contributed by atoms with Gasteiger partial charge in [-0.2, -0.15) is 10.1 Å². The highest BCUT2D eigenvalue weighted by Crippen LogP contribution is 2.51. The maximum Gasteiger partial charge on any atom is 0.226 e. The molecule has 0 fully saturated rings. The van der Waals surface area contributed by atoms with Crippen molar-refractivity contribution >= 4 is 27.6 Å². The molecule has 3 aromatic carbocycles. The maximum atomic E-state index is 6.65. The number of hydrogen-bond donors (Lipinski definition) is 1. The number of anilines is 1. The Balaban J connectivity index is 1.64. The summed E-state index contributed by atoms with van der Waals surface area (Å²) in [6.45, 7) is 0. The van der Waals surface area contributed by atoms with Crippen molar-refractivity contribution in [2.45, 2.75) is 12.1 Å². The van der Waals surface area contributed by atoms with Gasteiger partial charge in [-0.25, -0.2) is 4.68 Å². The molecule has 2 atom stereocenters. The third-order valence-electron chi connectivity index (χ3n) is 5.93. The molecule has 0 saturated heterocycles. The molecule has 7 heteroatoms. The third kappa shape index (κ3) is 2.92. The summed E-state index contributed by atoms with van der Waals surface area (Å²) in [6.07, 6.45) is 1.21. The van der Waals surface area contributed by atoms with Crippen LogP contribution in [0.15, 0.2) is 89.2 Å². The van der Waals surface area contributed by atoms with Crippen molar-refractivity contribution in [2.75, 3.05) is 12.4 Å². The molecule has 1 N–H and O–H groups in total. The first-order valence-corrected chi connectivity index (χ1v) is 11.1. The third-order valence-corrected chi connectivity index (χ3v) is 6.46. The van der Waals surface area contributed by atoms with E-state index in [1.807, 2.05) is 53.2 Å². The van der Waals surface area contributed by atoms with E-state index >= 15 is 0 Å². The number of nitrogens with zero attached hydrogens (tertiary/aromatic N) is 3. The van der Waals surface area contributed by atoms with Crippen LogP contribution in [0.5, 0.6) is 11.5 Å². The lowest BCUT2D eigenvalue weighted by Gasteiger charge is -2.39. The number of fused-ring (bicyclic) bond motifs is 3. The number of halogens is 1. The molecule has 1 aromatic heterocycles. The smallest absolute Gasteiger partial charge is 0.226 e. The Morgan fingerprint density at radius 1 is 1.00 bits per heavy atom. The molecule has 0 saturated carbocycles. The summed E-state index contributed by atoms with van der Waals surface area (Å²) in [6, 6.07) is 24.2. The van der Waals surface area contributed by atoms with Crippen LogP contribution in [0.3, 0.4) is 0 Å². The van der Waals surface area contributed by atoms with Crippen molar-refractivity contribution in [1.82, 2.24) is 14.8 Å². The van der Waals surface area contributed by atoms with E-state index < -0.39 is 0 Å². The van der Waals surface area contributed by atoms with Gasteiger partial charge in [-0.1, -0.05) is 58.4 Å². The fraction of sp³-hybridized carbons (Fsp3) is 0.120. The zero-order valence-electron chi connectivity index (χ0n) is 17.2. The number of rotatable bonds is 3. The van der Waals surface area contributed by atoms with Crippen molar-refractivity contribution in [3.05, 3.63) is 106 Å². The number of nitrogens with one attached hydrogen (secondary N) is 1. The molecular weight excluding hydrogens is 468 g/mol. The number of methoxy groups -OCH3 is 1. The quantitative estimate of drug-likeness (QED) is 0.407. The van der Waals surface area contributed by atoms with Crippen molar-refractivity contribution < 1.29 is 9.47 Å². The number of hydrogen-bond acceptors (Lipinski definition) is 5. The van der Waals surface area contributed by atoms with Gasteiger partial charge in [0.1, 0.15) is 23.9 Å². The van der Waals surface area contributed by atoms with Gasteiger partial charge in [0, 0.05) is 21.2 Å². The maximum absolute atomic E-state index is 6.65. The molecule has 0 aliphatic carbocycles. The first kappa shape index (κ1) is 19.1. The highest BCUT2D eigenvalue weighted by atomic mass is 79.9. The van der Waals surface area contributed by atoms with Crippen LogP contribution in [0.4, 0.5) is 5.95 Å². The Bertz CT molecular complexity index is 1350. The van der Waals surface area contributed by atoms with Gasteiger partial charge in [0.15, 0.2) is 6.10 Å². The molecule has 158 valence electrons. The predicted molar refractivity (Wildman–Crippen MR) is 126 cm³/mol. The van der Waals surface area contributed by atoms with E-state index in [4.69, 9.17) is 9.47 Å². The number of para-hydroxylation sites is 2. The number of ether oxygens (including phenoxy) is 2. The summed E-state index contributed by atoms with van der Waals surface area (Å²) in [7, 11) is 1.69. The van der Waals surface area contributed by atoms with Gasteiger partial charge in [-0.15, -0.1) is 0 Å². The first-order chi connectivity index (χ1) is 15.7. The van der Waals surface area contributed by atoms with Crippen molar-refractivity contribution in [2.24, 2.45) is 0 Å². The highest BCUT2D eigenvalue weighted by Gasteiger charge is 2.41. The minimum absolute atomic E-state index is 0.194. The zero-order valence-corrected chi connectivity index (χ0v) is 18.8. The van der Waals surface area contributed by atoms with Crippen molar-refractivity contribution in [1.29, 1.82) is 0 Å². The Morgan fingerprint density at radius 3 is 2.62 bits per heavy atom. The van der Waals surface area contributed by atoms with Gasteiger partial charge in [0.25, 0.3) is 0 Å². The first-order valence-electron chi connectivity index (χ1n) is 10.3. The normalized spacial score (nSPS) is 18.7. The SMILES string of the molecule is COc1ccccc1[C@H]1Oc2ccccc2C2=C1[C@H](c1ccc(Br)cc1)n1ncnc1N2. The standard InChI is InChI=1S/C25H19BrN4O2/c1-31-19-8-4-3-7-18(19)24-21-22(17-6-2-5-9-20(17)32-24)29-25-27-14-28-30(25)23(21)15-10-12-16(26)13-11-15/h2-14,23-24H,1H3,(H,27,28,29)/t23-,24+/m0/s1. The van der Waals surface area contributed by atoms with E-state index in [0.29, 0.717) is 5.95 Å². The zero-order chi connectivity index (χ0) is 21.7. The van der Waals surface area contributed by atoms with Crippen LogP contribution in [0.2, 0.25) is 0 Å². The minimum Gasteiger partial charge on any atom is -0.496 e. The summed E-state index contributed by atoms with van der Waals surface area (Å²) in [5.41, 5.74) is 5.12. The molecule has 0 bridgehead atoms. The Labute approximate surface area is 193 Å². The lowest BCUT2D eigenvalue weighted by atomic mass is 9.84. The van der Waals surface area contributed by atoms with E-state index in [9.17, 15) is 0 Å². The summed E-state index contributed by atoms with van der Waals surface area (Å²) in [4.78, 5) is 4.48. The van der Waals surface area contributed by atoms with Gasteiger partial charge in [0.05, 0.1) is 12.8 Å². The van der Waals surface area contributed by atoms with Crippen LogP contribution >= 0.6 is 15.9 Å². The molecule has 0 unspecified atom stereocenters. The lowest BCUT2D eigenvalue weighted by Crippen LogP contribution is -2.32. The van der Waals surface area contributed by atoms with E-state index in [1.165, 1.54) is 0 Å². The summed E-state index contributed by atoms with van der Waals surface area (Å²) >= 11 is 3.55. The molecule has 6 rings (SSSR count). The van der Waals surface area contributed by atoms with Gasteiger partial charge < -0.3 is 14.8 Å². The average molecular weight is 487 g/mol. The number of benzene rings is 3. The van der Waals surface area contributed by atoms with Crippen LogP contribution in [0.25, 0.3) is 5.70 Å². The Hall–Kier alpha value is -3.58. The van der Waals surface area contributed by atoms with Crippen LogP contribution < -0.4 is 14.8 Å². The molecule has 2 aliphatic rings. The lowest BCUT2D eigenvalue weighted by molar-refractivity contribution is 0.217. The van der Waals surface area contributed by atoms with E-state index in [-0.39, 0.29) is 12.1 Å². The molecule has 3 heterocycles. The van der Waals surface area contributed by atoms with Crippen LogP contribution in [0, 0.1) is 0 Å². The van der Waals surface area contributed by atoms with Crippen LogP contribution in [-0.4, -0.2) is 21.9 Å². The summed E-state index contributed by atoms with van der Waals surface area (Å²) < 4.78 is 15.3.